The molecule has 1 aromatic heterocycles. The summed E-state index contributed by atoms with van der Waals surface area (Å²) in [5.41, 5.74) is 1.32. The molecule has 6 nitrogen and oxygen atoms in total. The molecule has 1 aliphatic heterocycles. The first-order chi connectivity index (χ1) is 11.9. The molecule has 0 amide bonds. The second-order valence-electron chi connectivity index (χ2n) is 6.76. The van der Waals surface area contributed by atoms with Crippen molar-refractivity contribution in [2.24, 2.45) is 5.41 Å². The van der Waals surface area contributed by atoms with Crippen molar-refractivity contribution in [3.05, 3.63) is 53.5 Å². The van der Waals surface area contributed by atoms with E-state index in [4.69, 9.17) is 0 Å². The Hall–Kier alpha value is -2.47. The number of hydrogen-bond donors (Lipinski definition) is 2. The molecule has 0 saturated carbocycles. The first kappa shape index (κ1) is 17.4. The number of aliphatic carboxylic acids is 1. The zero-order valence-electron chi connectivity index (χ0n) is 14.5. The maximum Gasteiger partial charge on any atom is 0.312 e. The summed E-state index contributed by atoms with van der Waals surface area (Å²) >= 11 is 0. The number of rotatable bonds is 4. The molecule has 3 rings (SSSR count). The molecule has 2 N–H and O–H groups in total. The molecule has 1 fully saturated rings. The summed E-state index contributed by atoms with van der Waals surface area (Å²) in [4.78, 5) is 22.8. The van der Waals surface area contributed by atoms with Crippen LogP contribution in [0, 0.1) is 19.3 Å². The lowest BCUT2D eigenvalue weighted by Crippen LogP contribution is -2.56. The number of nitrogens with zero attached hydrogens (tertiary/aromatic N) is 3. The van der Waals surface area contributed by atoms with Crippen molar-refractivity contribution in [3.8, 4) is 0 Å². The Kier molecular flexibility index (Phi) is 4.72. The molecule has 0 radical (unpaired) electrons. The lowest BCUT2D eigenvalue weighted by atomic mass is 9.71. The summed E-state index contributed by atoms with van der Waals surface area (Å²) in [5, 5.41) is 20.6. The van der Waals surface area contributed by atoms with Gasteiger partial charge in [0.05, 0.1) is 17.5 Å². The normalized spacial score (nSPS) is 23.5. The maximum atomic E-state index is 12.0. The van der Waals surface area contributed by atoms with Crippen LogP contribution in [0.3, 0.4) is 0 Å². The van der Waals surface area contributed by atoms with Crippen LogP contribution < -0.4 is 4.90 Å². The van der Waals surface area contributed by atoms with Gasteiger partial charge in [0.25, 0.3) is 0 Å². The van der Waals surface area contributed by atoms with E-state index >= 15 is 0 Å². The second kappa shape index (κ2) is 6.80. The zero-order chi connectivity index (χ0) is 18.0. The Labute approximate surface area is 147 Å². The Bertz CT molecular complexity index is 766. The molecule has 6 heteroatoms. The van der Waals surface area contributed by atoms with E-state index in [0.29, 0.717) is 19.4 Å². The number of carboxylic acid groups (broad SMARTS) is 1. The van der Waals surface area contributed by atoms with Gasteiger partial charge in [-0.25, -0.2) is 4.98 Å². The van der Waals surface area contributed by atoms with Crippen molar-refractivity contribution in [1.82, 2.24) is 9.97 Å². The van der Waals surface area contributed by atoms with Gasteiger partial charge in [0.2, 0.25) is 0 Å². The molecule has 132 valence electrons. The van der Waals surface area contributed by atoms with Crippen LogP contribution in [0.25, 0.3) is 0 Å². The summed E-state index contributed by atoms with van der Waals surface area (Å²) in [6, 6.07) is 9.48. The van der Waals surface area contributed by atoms with E-state index in [0.717, 1.165) is 22.8 Å². The minimum absolute atomic E-state index is 0.234. The number of hydrogen-bond acceptors (Lipinski definition) is 5. The van der Waals surface area contributed by atoms with Gasteiger partial charge >= 0.3 is 5.97 Å². The predicted octanol–water partition coefficient (Wildman–Crippen LogP) is 1.98. The molecule has 0 aliphatic carbocycles. The minimum atomic E-state index is -1.18. The van der Waals surface area contributed by atoms with E-state index in [-0.39, 0.29) is 6.54 Å². The second-order valence-corrected chi connectivity index (χ2v) is 6.76. The third-order valence-corrected chi connectivity index (χ3v) is 5.00. The van der Waals surface area contributed by atoms with Gasteiger partial charge in [-0.1, -0.05) is 30.3 Å². The van der Waals surface area contributed by atoms with Gasteiger partial charge < -0.3 is 15.1 Å². The van der Waals surface area contributed by atoms with Crippen LogP contribution in [-0.2, 0) is 11.2 Å². The molecule has 2 atom stereocenters. The molecule has 0 unspecified atom stereocenters. The maximum absolute atomic E-state index is 12.0. The van der Waals surface area contributed by atoms with Gasteiger partial charge in [-0.15, -0.1) is 0 Å². The Morgan fingerprint density at radius 1 is 1.32 bits per heavy atom. The number of carbonyl (C=O) groups is 1. The summed E-state index contributed by atoms with van der Waals surface area (Å²) in [7, 11) is 0. The van der Waals surface area contributed by atoms with Gasteiger partial charge in [0.15, 0.2) is 0 Å². The highest BCUT2D eigenvalue weighted by Gasteiger charge is 2.49. The molecule has 1 aliphatic rings. The molecule has 0 bridgehead atoms. The van der Waals surface area contributed by atoms with Crippen molar-refractivity contribution in [3.63, 3.8) is 0 Å². The number of piperidine rings is 1. The first-order valence-electron chi connectivity index (χ1n) is 8.43. The average molecular weight is 341 g/mol. The third-order valence-electron chi connectivity index (χ3n) is 5.00. The Morgan fingerprint density at radius 2 is 2.04 bits per heavy atom. The van der Waals surface area contributed by atoms with E-state index in [1.54, 1.807) is 6.20 Å². The number of aliphatic hydroxyl groups excluding tert-OH is 1. The lowest BCUT2D eigenvalue weighted by Gasteiger charge is -2.43. The van der Waals surface area contributed by atoms with Crippen molar-refractivity contribution in [1.29, 1.82) is 0 Å². The fraction of sp³-hybridized carbons (Fsp3) is 0.421. The van der Waals surface area contributed by atoms with E-state index in [1.807, 2.05) is 49.1 Å². The van der Waals surface area contributed by atoms with E-state index in [1.165, 1.54) is 0 Å². The number of aromatic nitrogens is 2. The SMILES string of the molecule is Cc1cnc(C)c(N2CC[C@](Cc3ccccc3)(C(=O)O)[C@@H](O)C2)n1. The van der Waals surface area contributed by atoms with Crippen LogP contribution in [0.5, 0.6) is 0 Å². The van der Waals surface area contributed by atoms with Gasteiger partial charge in [0.1, 0.15) is 11.2 Å². The molecular formula is C19H23N3O3. The van der Waals surface area contributed by atoms with Crippen LogP contribution in [0.15, 0.2) is 36.5 Å². The van der Waals surface area contributed by atoms with Crippen LogP contribution in [0.2, 0.25) is 0 Å². The molecule has 25 heavy (non-hydrogen) atoms. The van der Waals surface area contributed by atoms with Crippen LogP contribution in [0.4, 0.5) is 5.82 Å². The molecule has 2 aromatic rings. The lowest BCUT2D eigenvalue weighted by molar-refractivity contribution is -0.158. The van der Waals surface area contributed by atoms with Crippen LogP contribution in [-0.4, -0.2) is 45.3 Å². The monoisotopic (exact) mass is 341 g/mol. The van der Waals surface area contributed by atoms with Gasteiger partial charge in [-0.3, -0.25) is 9.78 Å². The van der Waals surface area contributed by atoms with Crippen molar-refractivity contribution < 1.29 is 15.0 Å². The number of aryl methyl sites for hydroxylation is 2. The molecule has 0 spiro atoms. The molecule has 1 aromatic carbocycles. The third kappa shape index (κ3) is 3.35. The fourth-order valence-electron chi connectivity index (χ4n) is 3.48. The summed E-state index contributed by atoms with van der Waals surface area (Å²) in [6.45, 7) is 4.50. The summed E-state index contributed by atoms with van der Waals surface area (Å²) < 4.78 is 0. The smallest absolute Gasteiger partial charge is 0.312 e. The number of carboxylic acids is 1. The largest absolute Gasteiger partial charge is 0.481 e. The predicted molar refractivity (Wildman–Crippen MR) is 94.6 cm³/mol. The standard InChI is InChI=1S/C19H23N3O3/c1-13-11-20-14(2)17(21-13)22-9-8-19(18(24)25,16(23)12-22)10-15-6-4-3-5-7-15/h3-7,11,16,23H,8-10,12H2,1-2H3,(H,24,25)/t16-,19+/m0/s1. The number of anilines is 1. The summed E-state index contributed by atoms with van der Waals surface area (Å²) in [6.07, 6.45) is 1.39. The van der Waals surface area contributed by atoms with Gasteiger partial charge in [-0.2, -0.15) is 0 Å². The molecule has 1 saturated heterocycles. The first-order valence-corrected chi connectivity index (χ1v) is 8.43. The summed E-state index contributed by atoms with van der Waals surface area (Å²) in [5.74, 6) is -0.228. The minimum Gasteiger partial charge on any atom is -0.481 e. The number of benzene rings is 1. The number of aliphatic hydroxyl groups is 1. The van der Waals surface area contributed by atoms with Gasteiger partial charge in [0, 0.05) is 19.3 Å². The van der Waals surface area contributed by atoms with E-state index < -0.39 is 17.5 Å². The van der Waals surface area contributed by atoms with E-state index in [9.17, 15) is 15.0 Å². The Balaban J connectivity index is 1.85. The van der Waals surface area contributed by atoms with Gasteiger partial charge in [-0.05, 0) is 32.3 Å². The Morgan fingerprint density at radius 3 is 2.68 bits per heavy atom. The average Bonchev–Trinajstić information content (AvgIpc) is 2.59. The fourth-order valence-corrected chi connectivity index (χ4v) is 3.48. The number of β-amino-alcohol motifs (C(OH)–C–C–N with tert-alkyl or cyclic N) is 1. The van der Waals surface area contributed by atoms with Crippen molar-refractivity contribution in [2.75, 3.05) is 18.0 Å². The van der Waals surface area contributed by atoms with Crippen molar-refractivity contribution >= 4 is 11.8 Å². The van der Waals surface area contributed by atoms with Crippen LogP contribution >= 0.6 is 0 Å². The quantitative estimate of drug-likeness (QED) is 0.884. The highest BCUT2D eigenvalue weighted by atomic mass is 16.4. The highest BCUT2D eigenvalue weighted by molar-refractivity contribution is 5.76. The van der Waals surface area contributed by atoms with Crippen LogP contribution in [0.1, 0.15) is 23.4 Å². The highest BCUT2D eigenvalue weighted by Crippen LogP contribution is 2.37. The molecule has 2 heterocycles. The molecular weight excluding hydrogens is 318 g/mol. The topological polar surface area (TPSA) is 86.6 Å². The zero-order valence-corrected chi connectivity index (χ0v) is 14.5. The van der Waals surface area contributed by atoms with Crippen molar-refractivity contribution in [2.45, 2.75) is 32.8 Å². The van der Waals surface area contributed by atoms with E-state index in [2.05, 4.69) is 9.97 Å².